The third kappa shape index (κ3) is 1.57. The van der Waals surface area contributed by atoms with E-state index in [1.807, 2.05) is 6.92 Å². The highest BCUT2D eigenvalue weighted by Crippen LogP contribution is 2.32. The number of carboxylic acid groups (broad SMARTS) is 1. The van der Waals surface area contributed by atoms with Crippen LogP contribution in [-0.4, -0.2) is 15.6 Å². The van der Waals surface area contributed by atoms with Gasteiger partial charge in [-0.1, -0.05) is 0 Å². The highest BCUT2D eigenvalue weighted by molar-refractivity contribution is 5.93. The lowest BCUT2D eigenvalue weighted by Gasteiger charge is -2.26. The summed E-state index contributed by atoms with van der Waals surface area (Å²) in [6.07, 6.45) is 2.11. The van der Waals surface area contributed by atoms with Gasteiger partial charge in [0.15, 0.2) is 11.6 Å². The number of hydrogen-bond acceptors (Lipinski definition) is 2. The van der Waals surface area contributed by atoms with Gasteiger partial charge in [-0.15, -0.1) is 0 Å². The van der Waals surface area contributed by atoms with Crippen molar-refractivity contribution in [1.29, 1.82) is 0 Å². The van der Waals surface area contributed by atoms with Crippen LogP contribution in [0, 0.1) is 11.6 Å². The van der Waals surface area contributed by atoms with Crippen molar-refractivity contribution in [2.45, 2.75) is 25.8 Å². The van der Waals surface area contributed by atoms with Crippen molar-refractivity contribution in [2.24, 2.45) is 0 Å². The molecule has 1 aromatic carbocycles. The van der Waals surface area contributed by atoms with Crippen molar-refractivity contribution < 1.29 is 18.7 Å². The molecule has 0 spiro atoms. The van der Waals surface area contributed by atoms with Gasteiger partial charge >= 0.3 is 5.97 Å². The number of benzene rings is 1. The Morgan fingerprint density at radius 2 is 2.15 bits per heavy atom. The molecule has 2 aromatic rings. The molecular weight excluding hydrogens is 268 g/mol. The van der Waals surface area contributed by atoms with E-state index in [4.69, 9.17) is 5.11 Å². The first-order chi connectivity index (χ1) is 9.41. The van der Waals surface area contributed by atoms with E-state index in [0.717, 1.165) is 6.07 Å². The Labute approximate surface area is 112 Å². The van der Waals surface area contributed by atoms with Crippen LogP contribution in [-0.2, 0) is 6.42 Å². The lowest BCUT2D eigenvalue weighted by Crippen LogP contribution is -2.24. The normalized spacial score (nSPS) is 17.4. The van der Waals surface area contributed by atoms with Crippen LogP contribution in [0.3, 0.4) is 0 Å². The lowest BCUT2D eigenvalue weighted by molar-refractivity contribution is 0.0694. The Morgan fingerprint density at radius 1 is 1.45 bits per heavy atom. The van der Waals surface area contributed by atoms with Crippen LogP contribution in [0.4, 0.5) is 8.78 Å². The van der Waals surface area contributed by atoms with Gasteiger partial charge in [-0.3, -0.25) is 4.79 Å². The standard InChI is InChI=1S/C14H11F2NO3/c1-6-2-3-7-11(16)10(15)4-8-12(7)17(6)5-9(13(8)18)14(19)20/h4-6H,2-3H2,1H3,(H,19,20)/t6-/m1/s1. The summed E-state index contributed by atoms with van der Waals surface area (Å²) < 4.78 is 29.0. The van der Waals surface area contributed by atoms with E-state index in [1.54, 1.807) is 4.57 Å². The summed E-state index contributed by atoms with van der Waals surface area (Å²) in [7, 11) is 0. The van der Waals surface area contributed by atoms with E-state index in [0.29, 0.717) is 18.4 Å². The minimum Gasteiger partial charge on any atom is -0.477 e. The zero-order valence-corrected chi connectivity index (χ0v) is 10.6. The first-order valence-corrected chi connectivity index (χ1v) is 6.21. The summed E-state index contributed by atoms with van der Waals surface area (Å²) in [5.74, 6) is -3.45. The zero-order chi connectivity index (χ0) is 14.6. The van der Waals surface area contributed by atoms with Crippen LogP contribution in [0.5, 0.6) is 0 Å². The van der Waals surface area contributed by atoms with E-state index in [9.17, 15) is 18.4 Å². The van der Waals surface area contributed by atoms with Crippen LogP contribution >= 0.6 is 0 Å². The maximum atomic E-state index is 13.9. The fourth-order valence-corrected chi connectivity index (χ4v) is 2.76. The zero-order valence-electron chi connectivity index (χ0n) is 10.6. The van der Waals surface area contributed by atoms with Crippen molar-refractivity contribution in [3.8, 4) is 0 Å². The highest BCUT2D eigenvalue weighted by atomic mass is 19.2. The second kappa shape index (κ2) is 4.13. The summed E-state index contributed by atoms with van der Waals surface area (Å²) in [5.41, 5.74) is -0.758. The first kappa shape index (κ1) is 12.8. The molecule has 1 aliphatic heterocycles. The van der Waals surface area contributed by atoms with Gasteiger partial charge in [-0.25, -0.2) is 13.6 Å². The molecule has 0 saturated carbocycles. The van der Waals surface area contributed by atoms with Crippen molar-refractivity contribution in [2.75, 3.05) is 0 Å². The SMILES string of the molecule is C[C@@H]1CCc2c(F)c(F)cc3c(=O)c(C(=O)O)cn1c23. The van der Waals surface area contributed by atoms with Crippen LogP contribution in [0.15, 0.2) is 17.1 Å². The third-order valence-corrected chi connectivity index (χ3v) is 3.82. The number of carbonyl (C=O) groups is 1. The summed E-state index contributed by atoms with van der Waals surface area (Å²) in [5, 5.41) is 8.98. The quantitative estimate of drug-likeness (QED) is 0.872. The molecule has 0 bridgehead atoms. The molecule has 0 amide bonds. The first-order valence-electron chi connectivity index (χ1n) is 6.21. The van der Waals surface area contributed by atoms with Crippen LogP contribution in [0.1, 0.15) is 35.3 Å². The fraction of sp³-hybridized carbons (Fsp3) is 0.286. The number of rotatable bonds is 1. The summed E-state index contributed by atoms with van der Waals surface area (Å²) >= 11 is 0. The van der Waals surface area contributed by atoms with Gasteiger partial charge in [-0.05, 0) is 25.8 Å². The topological polar surface area (TPSA) is 59.3 Å². The van der Waals surface area contributed by atoms with E-state index >= 15 is 0 Å². The van der Waals surface area contributed by atoms with Crippen molar-refractivity contribution in [3.05, 3.63) is 45.2 Å². The minimum absolute atomic E-state index is 0.0754. The molecule has 0 fully saturated rings. The molecule has 0 radical (unpaired) electrons. The molecule has 1 N–H and O–H groups in total. The second-order valence-corrected chi connectivity index (χ2v) is 5.02. The van der Waals surface area contributed by atoms with Gasteiger partial charge in [0.05, 0.1) is 5.52 Å². The number of aromatic carboxylic acids is 1. The molecule has 0 unspecified atom stereocenters. The largest absolute Gasteiger partial charge is 0.477 e. The Hall–Kier alpha value is -2.24. The summed E-state index contributed by atoms with van der Waals surface area (Å²) in [4.78, 5) is 23.2. The maximum Gasteiger partial charge on any atom is 0.341 e. The van der Waals surface area contributed by atoms with E-state index in [1.165, 1.54) is 6.20 Å². The average Bonchev–Trinajstić information content (AvgIpc) is 2.39. The van der Waals surface area contributed by atoms with Gasteiger partial charge in [-0.2, -0.15) is 0 Å². The van der Waals surface area contributed by atoms with Crippen LogP contribution in [0.2, 0.25) is 0 Å². The molecule has 4 nitrogen and oxygen atoms in total. The fourth-order valence-electron chi connectivity index (χ4n) is 2.76. The molecular formula is C14H11F2NO3. The number of aromatic nitrogens is 1. The Kier molecular flexibility index (Phi) is 2.64. The molecule has 1 aliphatic rings. The number of pyridine rings is 1. The molecule has 1 atom stereocenters. The van der Waals surface area contributed by atoms with Gasteiger partial charge in [0, 0.05) is 23.2 Å². The summed E-state index contributed by atoms with van der Waals surface area (Å²) in [6.45, 7) is 1.85. The van der Waals surface area contributed by atoms with Gasteiger partial charge in [0.2, 0.25) is 5.43 Å². The van der Waals surface area contributed by atoms with Crippen molar-refractivity contribution in [1.82, 2.24) is 4.57 Å². The smallest absolute Gasteiger partial charge is 0.341 e. The highest BCUT2D eigenvalue weighted by Gasteiger charge is 2.26. The van der Waals surface area contributed by atoms with Crippen LogP contribution < -0.4 is 5.43 Å². The monoisotopic (exact) mass is 279 g/mol. The van der Waals surface area contributed by atoms with E-state index in [2.05, 4.69) is 0 Å². The van der Waals surface area contributed by atoms with Gasteiger partial charge < -0.3 is 9.67 Å². The van der Waals surface area contributed by atoms with Crippen molar-refractivity contribution >= 4 is 16.9 Å². The number of halogens is 2. The van der Waals surface area contributed by atoms with Gasteiger partial charge in [0.1, 0.15) is 5.56 Å². The third-order valence-electron chi connectivity index (χ3n) is 3.82. The van der Waals surface area contributed by atoms with E-state index < -0.39 is 28.6 Å². The molecule has 2 heterocycles. The number of hydrogen-bond donors (Lipinski definition) is 1. The summed E-state index contributed by atoms with van der Waals surface area (Å²) in [6, 6.07) is 0.714. The van der Waals surface area contributed by atoms with Crippen molar-refractivity contribution in [3.63, 3.8) is 0 Å². The number of nitrogens with zero attached hydrogens (tertiary/aromatic N) is 1. The maximum absolute atomic E-state index is 13.9. The molecule has 0 aliphatic carbocycles. The lowest BCUT2D eigenvalue weighted by atomic mass is 9.95. The van der Waals surface area contributed by atoms with E-state index in [-0.39, 0.29) is 17.0 Å². The number of aryl methyl sites for hydroxylation is 1. The molecule has 6 heteroatoms. The molecule has 0 saturated heterocycles. The molecule has 1 aromatic heterocycles. The minimum atomic E-state index is -1.37. The van der Waals surface area contributed by atoms with Crippen LogP contribution in [0.25, 0.3) is 10.9 Å². The predicted molar refractivity (Wildman–Crippen MR) is 68.1 cm³/mol. The predicted octanol–water partition coefficient (Wildman–Crippen LogP) is 2.49. The van der Waals surface area contributed by atoms with Gasteiger partial charge in [0.25, 0.3) is 0 Å². The molecule has 20 heavy (non-hydrogen) atoms. The molecule has 104 valence electrons. The Morgan fingerprint density at radius 3 is 2.80 bits per heavy atom. The average molecular weight is 279 g/mol. The Bertz CT molecular complexity index is 810. The number of carboxylic acids is 1. The Balaban J connectivity index is 2.57. The molecule has 3 rings (SSSR count). The second-order valence-electron chi connectivity index (χ2n) is 5.02.